The largest absolute Gasteiger partial charge is 0.390 e. The molecule has 2 atom stereocenters. The lowest BCUT2D eigenvalue weighted by Crippen LogP contribution is -2.46. The first kappa shape index (κ1) is 22.4. The molecule has 0 spiro atoms. The van der Waals surface area contributed by atoms with Crippen LogP contribution in [0.15, 0.2) is 59.5 Å². The Morgan fingerprint density at radius 1 is 1.07 bits per heavy atom. The van der Waals surface area contributed by atoms with Gasteiger partial charge in [-0.05, 0) is 23.3 Å². The van der Waals surface area contributed by atoms with Gasteiger partial charge in [-0.3, -0.25) is 4.79 Å². The van der Waals surface area contributed by atoms with Gasteiger partial charge in [0.05, 0.1) is 28.5 Å². The highest BCUT2D eigenvalue weighted by molar-refractivity contribution is 7.92. The van der Waals surface area contributed by atoms with E-state index in [1.807, 2.05) is 0 Å². The molecule has 0 radical (unpaired) electrons. The Kier molecular flexibility index (Phi) is 6.61. The van der Waals surface area contributed by atoms with E-state index in [-0.39, 0.29) is 23.9 Å². The highest BCUT2D eigenvalue weighted by Gasteiger charge is 2.44. The van der Waals surface area contributed by atoms with Gasteiger partial charge in [-0.15, -0.1) is 0 Å². The van der Waals surface area contributed by atoms with Gasteiger partial charge in [0.15, 0.2) is 9.84 Å². The number of aliphatic hydroxyl groups excluding tert-OH is 1. The highest BCUT2D eigenvalue weighted by atomic mass is 32.2. The molecule has 1 saturated heterocycles. The molecule has 1 heterocycles. The predicted molar refractivity (Wildman–Crippen MR) is 112 cm³/mol. The Balaban J connectivity index is 1.94. The van der Waals surface area contributed by atoms with Crippen LogP contribution < -0.4 is 5.32 Å². The van der Waals surface area contributed by atoms with Crippen LogP contribution in [0.5, 0.6) is 0 Å². The molecule has 0 saturated carbocycles. The molecular weight excluding hydrogens is 428 g/mol. The van der Waals surface area contributed by atoms with Gasteiger partial charge in [-0.2, -0.15) is 4.31 Å². The third-order valence-corrected chi connectivity index (χ3v) is 8.50. The fraction of sp³-hybridized carbons (Fsp3) is 0.350. The number of nitrogens with one attached hydrogen (secondary N) is 1. The number of carbonyl (C=O) groups is 1. The zero-order chi connectivity index (χ0) is 21.9. The van der Waals surface area contributed by atoms with Crippen molar-refractivity contribution in [2.24, 2.45) is 0 Å². The van der Waals surface area contributed by atoms with Crippen LogP contribution in [0.3, 0.4) is 0 Å². The van der Waals surface area contributed by atoms with Crippen LogP contribution in [0.4, 0.5) is 0 Å². The van der Waals surface area contributed by atoms with Crippen molar-refractivity contribution in [3.05, 3.63) is 65.7 Å². The first-order valence-corrected chi connectivity index (χ1v) is 12.6. The van der Waals surface area contributed by atoms with E-state index in [0.29, 0.717) is 5.56 Å². The summed E-state index contributed by atoms with van der Waals surface area (Å²) in [5, 5.41) is 13.0. The lowest BCUT2D eigenvalue weighted by Gasteiger charge is -2.29. The number of hydrogen-bond acceptors (Lipinski definition) is 6. The summed E-state index contributed by atoms with van der Waals surface area (Å²) in [6, 6.07) is 13.8. The van der Waals surface area contributed by atoms with Crippen LogP contribution in [0.1, 0.15) is 18.1 Å². The van der Waals surface area contributed by atoms with Crippen molar-refractivity contribution in [1.82, 2.24) is 9.62 Å². The van der Waals surface area contributed by atoms with Crippen LogP contribution in [0.2, 0.25) is 0 Å². The van der Waals surface area contributed by atoms with Crippen LogP contribution in [-0.4, -0.2) is 55.8 Å². The van der Waals surface area contributed by atoms with Crippen LogP contribution in [0.25, 0.3) is 0 Å². The quantitative estimate of drug-likeness (QED) is 0.637. The monoisotopic (exact) mass is 452 g/mol. The van der Waals surface area contributed by atoms with Gasteiger partial charge in [-0.25, -0.2) is 16.8 Å². The minimum absolute atomic E-state index is 0.0125. The van der Waals surface area contributed by atoms with Gasteiger partial charge in [-0.1, -0.05) is 42.5 Å². The molecule has 2 aromatic carbocycles. The van der Waals surface area contributed by atoms with Crippen molar-refractivity contribution in [2.45, 2.75) is 37.1 Å². The van der Waals surface area contributed by atoms with Crippen molar-refractivity contribution in [2.75, 3.05) is 11.5 Å². The van der Waals surface area contributed by atoms with E-state index < -0.39 is 43.5 Å². The minimum atomic E-state index is -4.09. The second-order valence-corrected chi connectivity index (χ2v) is 11.3. The second kappa shape index (κ2) is 8.84. The summed E-state index contributed by atoms with van der Waals surface area (Å²) in [4.78, 5) is 11.0. The third-order valence-electron chi connectivity index (χ3n) is 4.92. The number of nitrogens with zero attached hydrogens (tertiary/aromatic N) is 1. The molecule has 2 aromatic rings. The first-order valence-electron chi connectivity index (χ1n) is 9.36. The normalized spacial score (nSPS) is 20.9. The molecule has 162 valence electrons. The molecule has 8 nitrogen and oxygen atoms in total. The SMILES string of the molecule is CC(=O)NCc1ccc(S(=O)(=O)N(Cc2ccccc2)[C@@H]2CS(=O)(=O)C[C@@H]2O)cc1. The first-order chi connectivity index (χ1) is 14.1. The molecule has 0 bridgehead atoms. The Bertz CT molecular complexity index is 1100. The van der Waals surface area contributed by atoms with E-state index in [4.69, 9.17) is 0 Å². The van der Waals surface area contributed by atoms with Crippen LogP contribution in [-0.2, 0) is 37.7 Å². The Hall–Kier alpha value is -2.27. The number of amides is 1. The smallest absolute Gasteiger partial charge is 0.243 e. The standard InChI is InChI=1S/C20H24N2O6S2/c1-15(23)21-11-16-7-9-18(10-8-16)30(27,28)22(12-17-5-3-2-4-6-17)19-13-29(25,26)14-20(19)24/h2-10,19-20,24H,11-14H2,1H3,(H,21,23)/t19-,20+/m1/s1. The van der Waals surface area contributed by atoms with Gasteiger partial charge < -0.3 is 10.4 Å². The Morgan fingerprint density at radius 2 is 1.70 bits per heavy atom. The number of sulfonamides is 1. The summed E-state index contributed by atoms with van der Waals surface area (Å²) < 4.78 is 51.9. The third kappa shape index (κ3) is 5.25. The molecule has 3 rings (SSSR count). The van der Waals surface area contributed by atoms with E-state index in [0.717, 1.165) is 9.87 Å². The maximum atomic E-state index is 13.4. The lowest BCUT2D eigenvalue weighted by molar-refractivity contribution is -0.119. The Labute approximate surface area is 176 Å². The van der Waals surface area contributed by atoms with Gasteiger partial charge in [0, 0.05) is 20.0 Å². The van der Waals surface area contributed by atoms with Gasteiger partial charge in [0.25, 0.3) is 0 Å². The van der Waals surface area contributed by atoms with Crippen molar-refractivity contribution in [3.63, 3.8) is 0 Å². The molecule has 0 aromatic heterocycles. The second-order valence-electron chi connectivity index (χ2n) is 7.30. The molecule has 30 heavy (non-hydrogen) atoms. The lowest BCUT2D eigenvalue weighted by atomic mass is 10.2. The van der Waals surface area contributed by atoms with Gasteiger partial charge >= 0.3 is 0 Å². The summed E-state index contributed by atoms with van der Waals surface area (Å²) >= 11 is 0. The summed E-state index contributed by atoms with van der Waals surface area (Å²) in [5.74, 6) is -1.09. The number of sulfone groups is 1. The summed E-state index contributed by atoms with van der Waals surface area (Å²) in [5.41, 5.74) is 1.40. The molecule has 1 aliphatic rings. The number of hydrogen-bond donors (Lipinski definition) is 2. The van der Waals surface area contributed by atoms with Crippen molar-refractivity contribution < 1.29 is 26.7 Å². The molecule has 1 amide bonds. The summed E-state index contributed by atoms with van der Waals surface area (Å²) in [6.45, 7) is 1.60. The van der Waals surface area contributed by atoms with E-state index in [9.17, 15) is 26.7 Å². The fourth-order valence-corrected chi connectivity index (χ4v) is 6.91. The number of benzene rings is 2. The van der Waals surface area contributed by atoms with E-state index >= 15 is 0 Å². The van der Waals surface area contributed by atoms with Crippen molar-refractivity contribution in [1.29, 1.82) is 0 Å². The number of aliphatic hydroxyl groups is 1. The minimum Gasteiger partial charge on any atom is -0.390 e. The zero-order valence-electron chi connectivity index (χ0n) is 16.4. The van der Waals surface area contributed by atoms with E-state index in [1.54, 1.807) is 42.5 Å². The molecule has 1 aliphatic heterocycles. The maximum absolute atomic E-state index is 13.4. The summed E-state index contributed by atoms with van der Waals surface area (Å²) in [7, 11) is -7.64. The van der Waals surface area contributed by atoms with E-state index in [2.05, 4.69) is 5.32 Å². The topological polar surface area (TPSA) is 121 Å². The Morgan fingerprint density at radius 3 is 2.23 bits per heavy atom. The average molecular weight is 453 g/mol. The molecule has 10 heteroatoms. The average Bonchev–Trinajstić information content (AvgIpc) is 2.97. The summed E-state index contributed by atoms with van der Waals surface area (Å²) in [6.07, 6.45) is -1.30. The van der Waals surface area contributed by atoms with Crippen LogP contribution >= 0.6 is 0 Å². The molecular formula is C20H24N2O6S2. The molecule has 2 N–H and O–H groups in total. The van der Waals surface area contributed by atoms with Crippen molar-refractivity contribution >= 4 is 25.8 Å². The molecule has 1 fully saturated rings. The van der Waals surface area contributed by atoms with Crippen molar-refractivity contribution in [3.8, 4) is 0 Å². The maximum Gasteiger partial charge on any atom is 0.243 e. The zero-order valence-corrected chi connectivity index (χ0v) is 18.1. The van der Waals surface area contributed by atoms with Gasteiger partial charge in [0.2, 0.25) is 15.9 Å². The molecule has 0 aliphatic carbocycles. The number of rotatable bonds is 7. The highest BCUT2D eigenvalue weighted by Crippen LogP contribution is 2.27. The molecule has 0 unspecified atom stereocenters. The predicted octanol–water partition coefficient (Wildman–Crippen LogP) is 0.672. The fourth-order valence-electron chi connectivity index (χ4n) is 3.37. The van der Waals surface area contributed by atoms with Crippen LogP contribution in [0, 0.1) is 0 Å². The van der Waals surface area contributed by atoms with E-state index in [1.165, 1.54) is 19.1 Å². The van der Waals surface area contributed by atoms with Gasteiger partial charge in [0.1, 0.15) is 0 Å². The number of carbonyl (C=O) groups excluding carboxylic acids is 1.